The Morgan fingerprint density at radius 1 is 0.933 bits per heavy atom. The summed E-state index contributed by atoms with van der Waals surface area (Å²) in [7, 11) is 0. The zero-order valence-corrected chi connectivity index (χ0v) is 15.6. The normalized spacial score (nSPS) is 17.3. The number of phenols is 1. The van der Waals surface area contributed by atoms with Crippen LogP contribution >= 0.6 is 0 Å². The standard InChI is InChI=1S/C20H19F6N3O/c21-19(22,23)14-7-13(8-15(10-14)20(24,25)26)5-6-29-16(11-28-18(29)27)9-12-1-3-17(30)4-2-12/h1-4,7-8,10,16,30H,5-6,9,11H2,(H2,27,28)/t16-/m0/s1. The molecule has 2 aromatic carbocycles. The number of aliphatic imine (C=N–C) groups is 1. The molecule has 3 rings (SSSR count). The number of alkyl halides is 6. The van der Waals surface area contributed by atoms with E-state index in [1.807, 2.05) is 0 Å². The Labute approximate surface area is 168 Å². The van der Waals surface area contributed by atoms with Crippen LogP contribution in [0.1, 0.15) is 22.3 Å². The van der Waals surface area contributed by atoms with E-state index in [0.29, 0.717) is 13.0 Å². The average molecular weight is 431 g/mol. The van der Waals surface area contributed by atoms with Gasteiger partial charge in [-0.05, 0) is 54.3 Å². The van der Waals surface area contributed by atoms with Crippen molar-refractivity contribution in [2.75, 3.05) is 13.1 Å². The van der Waals surface area contributed by atoms with E-state index in [0.717, 1.165) is 17.7 Å². The molecule has 0 amide bonds. The van der Waals surface area contributed by atoms with Crippen LogP contribution < -0.4 is 5.73 Å². The number of hydrogen-bond acceptors (Lipinski definition) is 4. The van der Waals surface area contributed by atoms with Gasteiger partial charge in [-0.2, -0.15) is 26.3 Å². The molecular formula is C20H19F6N3O. The highest BCUT2D eigenvalue weighted by Gasteiger charge is 2.37. The van der Waals surface area contributed by atoms with E-state index in [2.05, 4.69) is 4.99 Å². The van der Waals surface area contributed by atoms with Gasteiger partial charge in [0.1, 0.15) is 5.75 Å². The van der Waals surface area contributed by atoms with Gasteiger partial charge in [-0.15, -0.1) is 0 Å². The average Bonchev–Trinajstić information content (AvgIpc) is 2.99. The Morgan fingerprint density at radius 2 is 1.50 bits per heavy atom. The maximum atomic E-state index is 13.0. The van der Waals surface area contributed by atoms with Crippen LogP contribution in [0.3, 0.4) is 0 Å². The number of guanidine groups is 1. The van der Waals surface area contributed by atoms with Crippen LogP contribution in [-0.4, -0.2) is 35.1 Å². The third-order valence-corrected chi connectivity index (χ3v) is 4.90. The molecule has 0 saturated carbocycles. The second kappa shape index (κ2) is 8.08. The number of hydrogen-bond donors (Lipinski definition) is 2. The van der Waals surface area contributed by atoms with Gasteiger partial charge in [-0.1, -0.05) is 12.1 Å². The molecule has 0 aliphatic carbocycles. The second-order valence-electron chi connectivity index (χ2n) is 7.08. The molecule has 1 atom stereocenters. The van der Waals surface area contributed by atoms with Gasteiger partial charge in [0.25, 0.3) is 0 Å². The zero-order valence-electron chi connectivity index (χ0n) is 15.6. The first-order valence-corrected chi connectivity index (χ1v) is 9.06. The van der Waals surface area contributed by atoms with Crippen LogP contribution in [0.15, 0.2) is 47.5 Å². The molecule has 3 N–H and O–H groups in total. The Kier molecular flexibility index (Phi) is 5.87. The van der Waals surface area contributed by atoms with E-state index < -0.39 is 23.5 Å². The predicted molar refractivity (Wildman–Crippen MR) is 98.9 cm³/mol. The molecule has 0 unspecified atom stereocenters. The predicted octanol–water partition coefficient (Wildman–Crippen LogP) is 4.21. The summed E-state index contributed by atoms with van der Waals surface area (Å²) < 4.78 is 78.2. The van der Waals surface area contributed by atoms with Gasteiger partial charge >= 0.3 is 12.4 Å². The van der Waals surface area contributed by atoms with Crippen molar-refractivity contribution in [3.63, 3.8) is 0 Å². The van der Waals surface area contributed by atoms with Crippen molar-refractivity contribution in [2.24, 2.45) is 10.7 Å². The number of aromatic hydroxyl groups is 1. The SMILES string of the molecule is NC1=NC[C@H](Cc2ccc(O)cc2)N1CCc1cc(C(F)(F)F)cc(C(F)(F)F)c1. The summed E-state index contributed by atoms with van der Waals surface area (Å²) in [6.45, 7) is 0.486. The van der Waals surface area contributed by atoms with Gasteiger partial charge in [0.15, 0.2) is 5.96 Å². The summed E-state index contributed by atoms with van der Waals surface area (Å²) in [5.74, 6) is 0.310. The van der Waals surface area contributed by atoms with E-state index in [4.69, 9.17) is 5.73 Å². The van der Waals surface area contributed by atoms with Crippen molar-refractivity contribution < 1.29 is 31.4 Å². The Bertz CT molecular complexity index is 889. The van der Waals surface area contributed by atoms with Crippen molar-refractivity contribution in [3.05, 3.63) is 64.7 Å². The quantitative estimate of drug-likeness (QED) is 0.698. The number of nitrogens with two attached hydrogens (primary N) is 1. The van der Waals surface area contributed by atoms with Crippen LogP contribution in [0.5, 0.6) is 5.75 Å². The van der Waals surface area contributed by atoms with Crippen LogP contribution in [0, 0.1) is 0 Å². The third kappa shape index (κ3) is 5.17. The number of halogens is 6. The fourth-order valence-corrected chi connectivity index (χ4v) is 3.36. The molecular weight excluding hydrogens is 412 g/mol. The number of phenolic OH excluding ortho intramolecular Hbond substituents is 1. The molecule has 0 spiro atoms. The van der Waals surface area contributed by atoms with Gasteiger partial charge in [0.05, 0.1) is 23.7 Å². The van der Waals surface area contributed by atoms with E-state index in [1.54, 1.807) is 17.0 Å². The highest BCUT2D eigenvalue weighted by Crippen LogP contribution is 2.36. The van der Waals surface area contributed by atoms with E-state index in [-0.39, 0.29) is 42.3 Å². The van der Waals surface area contributed by atoms with E-state index >= 15 is 0 Å². The van der Waals surface area contributed by atoms with Crippen LogP contribution in [0.25, 0.3) is 0 Å². The first-order valence-electron chi connectivity index (χ1n) is 9.06. The molecule has 4 nitrogen and oxygen atoms in total. The van der Waals surface area contributed by atoms with Crippen molar-refractivity contribution in [1.29, 1.82) is 0 Å². The highest BCUT2D eigenvalue weighted by atomic mass is 19.4. The minimum absolute atomic E-state index is 0.0602. The minimum Gasteiger partial charge on any atom is -0.508 e. The van der Waals surface area contributed by atoms with Gasteiger partial charge < -0.3 is 15.7 Å². The maximum absolute atomic E-state index is 13.0. The number of rotatable bonds is 5. The van der Waals surface area contributed by atoms with Crippen molar-refractivity contribution in [2.45, 2.75) is 31.2 Å². The third-order valence-electron chi connectivity index (χ3n) is 4.90. The lowest BCUT2D eigenvalue weighted by Gasteiger charge is -2.26. The second-order valence-corrected chi connectivity index (χ2v) is 7.08. The molecule has 0 aromatic heterocycles. The molecule has 0 radical (unpaired) electrons. The number of nitrogens with zero attached hydrogens (tertiary/aromatic N) is 2. The lowest BCUT2D eigenvalue weighted by atomic mass is 10.0. The molecule has 0 bridgehead atoms. The fraction of sp³-hybridized carbons (Fsp3) is 0.350. The Hall–Kier alpha value is -2.91. The van der Waals surface area contributed by atoms with Gasteiger partial charge in [0.2, 0.25) is 0 Å². The summed E-state index contributed by atoms with van der Waals surface area (Å²) >= 11 is 0. The molecule has 30 heavy (non-hydrogen) atoms. The Morgan fingerprint density at radius 3 is 2.03 bits per heavy atom. The van der Waals surface area contributed by atoms with Crippen molar-refractivity contribution in [1.82, 2.24) is 4.90 Å². The molecule has 162 valence electrons. The van der Waals surface area contributed by atoms with Gasteiger partial charge in [-0.25, -0.2) is 0 Å². The maximum Gasteiger partial charge on any atom is 0.416 e. The summed E-state index contributed by atoms with van der Waals surface area (Å²) in [6, 6.07) is 7.90. The largest absolute Gasteiger partial charge is 0.508 e. The zero-order chi connectivity index (χ0) is 22.1. The molecule has 1 aliphatic rings. The van der Waals surface area contributed by atoms with Crippen LogP contribution in [-0.2, 0) is 25.2 Å². The minimum atomic E-state index is -4.88. The lowest BCUT2D eigenvalue weighted by Crippen LogP contribution is -2.43. The Balaban J connectivity index is 1.77. The lowest BCUT2D eigenvalue weighted by molar-refractivity contribution is -0.143. The first-order chi connectivity index (χ1) is 13.9. The van der Waals surface area contributed by atoms with Crippen molar-refractivity contribution >= 4 is 5.96 Å². The van der Waals surface area contributed by atoms with Gasteiger partial charge in [-0.3, -0.25) is 4.99 Å². The molecule has 0 saturated heterocycles. The smallest absolute Gasteiger partial charge is 0.416 e. The first kappa shape index (κ1) is 21.8. The molecule has 10 heteroatoms. The van der Waals surface area contributed by atoms with Crippen molar-refractivity contribution in [3.8, 4) is 5.75 Å². The van der Waals surface area contributed by atoms with Crippen LogP contribution in [0.2, 0.25) is 0 Å². The molecule has 2 aromatic rings. The fourth-order valence-electron chi connectivity index (χ4n) is 3.36. The monoisotopic (exact) mass is 431 g/mol. The summed E-state index contributed by atoms with van der Waals surface area (Å²) in [4.78, 5) is 5.83. The molecule has 0 fully saturated rings. The van der Waals surface area contributed by atoms with Crippen LogP contribution in [0.4, 0.5) is 26.3 Å². The summed E-state index contributed by atoms with van der Waals surface area (Å²) in [6.07, 6.45) is -9.31. The number of benzene rings is 2. The summed E-state index contributed by atoms with van der Waals surface area (Å²) in [5.41, 5.74) is 4.02. The van der Waals surface area contributed by atoms with Gasteiger partial charge in [0, 0.05) is 6.54 Å². The highest BCUT2D eigenvalue weighted by molar-refractivity contribution is 5.80. The van der Waals surface area contributed by atoms with E-state index in [1.165, 1.54) is 12.1 Å². The topological polar surface area (TPSA) is 61.9 Å². The van der Waals surface area contributed by atoms with E-state index in [9.17, 15) is 31.4 Å². The molecule has 1 aliphatic heterocycles. The summed E-state index contributed by atoms with van der Waals surface area (Å²) in [5, 5.41) is 9.37. The molecule has 1 heterocycles.